The van der Waals surface area contributed by atoms with Crippen LogP contribution in [0.1, 0.15) is 50.6 Å². The molecule has 0 saturated carbocycles. The molecule has 38 heavy (non-hydrogen) atoms. The van der Waals surface area contributed by atoms with Crippen LogP contribution in [-0.4, -0.2) is 38.4 Å². The molecular weight excluding hydrogens is 518 g/mol. The third-order valence-electron chi connectivity index (χ3n) is 5.49. The summed E-state index contributed by atoms with van der Waals surface area (Å²) in [6, 6.07) is 5.85. The Labute approximate surface area is 210 Å². The van der Waals surface area contributed by atoms with E-state index in [4.69, 9.17) is 0 Å². The van der Waals surface area contributed by atoms with Crippen LogP contribution in [0.2, 0.25) is 0 Å². The fourth-order valence-corrected chi connectivity index (χ4v) is 3.67. The zero-order chi connectivity index (χ0) is 27.8. The van der Waals surface area contributed by atoms with E-state index in [0.29, 0.717) is 23.3 Å². The maximum Gasteiger partial charge on any atom is 0.416 e. The number of pyridine rings is 2. The largest absolute Gasteiger partial charge is 0.416 e. The van der Waals surface area contributed by atoms with Gasteiger partial charge < -0.3 is 10.6 Å². The highest BCUT2D eigenvalue weighted by Crippen LogP contribution is 2.36. The summed E-state index contributed by atoms with van der Waals surface area (Å²) in [5.74, 6) is -1.15. The Morgan fingerprint density at radius 2 is 1.55 bits per heavy atom. The summed E-state index contributed by atoms with van der Waals surface area (Å²) in [4.78, 5) is 37.7. The van der Waals surface area contributed by atoms with E-state index >= 15 is 0 Å². The lowest BCUT2D eigenvalue weighted by Crippen LogP contribution is -2.29. The highest BCUT2D eigenvalue weighted by molar-refractivity contribution is 5.95. The second-order valence-electron chi connectivity index (χ2n) is 8.13. The first-order chi connectivity index (χ1) is 17.8. The smallest absolute Gasteiger partial charge is 0.355 e. The quantitative estimate of drug-likeness (QED) is 0.360. The van der Waals surface area contributed by atoms with Crippen molar-refractivity contribution in [2.75, 3.05) is 7.05 Å². The van der Waals surface area contributed by atoms with Gasteiger partial charge in [-0.25, -0.2) is 15.0 Å². The summed E-state index contributed by atoms with van der Waals surface area (Å²) in [5, 5.41) is 4.86. The van der Waals surface area contributed by atoms with Gasteiger partial charge in [0.05, 0.1) is 22.7 Å². The molecule has 0 aliphatic carbocycles. The molecule has 8 nitrogen and oxygen atoms in total. The first-order valence-corrected chi connectivity index (χ1v) is 10.9. The van der Waals surface area contributed by atoms with Crippen LogP contribution in [0.15, 0.2) is 54.9 Å². The summed E-state index contributed by atoms with van der Waals surface area (Å²) >= 11 is 0. The van der Waals surface area contributed by atoms with Gasteiger partial charge >= 0.3 is 12.4 Å². The Balaban J connectivity index is 1.73. The highest BCUT2D eigenvalue weighted by atomic mass is 19.4. The van der Waals surface area contributed by atoms with Gasteiger partial charge in [-0.3, -0.25) is 14.2 Å². The van der Waals surface area contributed by atoms with Crippen molar-refractivity contribution in [3.05, 3.63) is 82.9 Å². The molecule has 2 amide bonds. The SMILES string of the molecule is CNC(=O)c1ccc(-n2c(C(C)NC(=O)c3cc(C(F)(F)F)cc(C(F)(F)F)c3)nc3cccnc32)nc1. The number of amides is 2. The van der Waals surface area contributed by atoms with Gasteiger partial charge in [-0.1, -0.05) is 0 Å². The average molecular weight is 536 g/mol. The van der Waals surface area contributed by atoms with Gasteiger partial charge in [-0.2, -0.15) is 26.3 Å². The molecule has 3 heterocycles. The van der Waals surface area contributed by atoms with Crippen LogP contribution in [0, 0.1) is 0 Å². The lowest BCUT2D eigenvalue weighted by molar-refractivity contribution is -0.143. The monoisotopic (exact) mass is 536 g/mol. The minimum absolute atomic E-state index is 0.0561. The number of hydrogen-bond acceptors (Lipinski definition) is 5. The number of halogens is 6. The zero-order valence-corrected chi connectivity index (χ0v) is 19.6. The number of nitrogens with one attached hydrogen (secondary N) is 2. The first kappa shape index (κ1) is 26.6. The Morgan fingerprint density at radius 1 is 0.895 bits per heavy atom. The fraction of sp³-hybridized carbons (Fsp3) is 0.208. The predicted molar refractivity (Wildman–Crippen MR) is 122 cm³/mol. The molecule has 1 atom stereocenters. The summed E-state index contributed by atoms with van der Waals surface area (Å²) in [6.07, 6.45) is -7.42. The molecule has 3 aromatic heterocycles. The summed E-state index contributed by atoms with van der Waals surface area (Å²) in [6.45, 7) is 1.45. The van der Waals surface area contributed by atoms with Crippen LogP contribution in [0.5, 0.6) is 0 Å². The van der Waals surface area contributed by atoms with Gasteiger partial charge in [-0.15, -0.1) is 0 Å². The lowest BCUT2D eigenvalue weighted by atomic mass is 10.0. The van der Waals surface area contributed by atoms with E-state index in [1.807, 2.05) is 0 Å². The number of nitrogens with zero attached hydrogens (tertiary/aromatic N) is 4. The van der Waals surface area contributed by atoms with Crippen molar-refractivity contribution >= 4 is 23.0 Å². The normalized spacial score (nSPS) is 12.8. The molecular formula is C24H18F6N6O2. The van der Waals surface area contributed by atoms with E-state index < -0.39 is 41.0 Å². The van der Waals surface area contributed by atoms with Gasteiger partial charge in [0, 0.05) is 25.0 Å². The fourth-order valence-electron chi connectivity index (χ4n) is 3.67. The molecule has 1 aromatic carbocycles. The minimum Gasteiger partial charge on any atom is -0.355 e. The van der Waals surface area contributed by atoms with Crippen LogP contribution in [0.25, 0.3) is 17.0 Å². The zero-order valence-electron chi connectivity index (χ0n) is 19.6. The Morgan fingerprint density at radius 3 is 2.11 bits per heavy atom. The molecule has 0 aliphatic rings. The van der Waals surface area contributed by atoms with E-state index in [1.54, 1.807) is 12.1 Å². The Hall–Kier alpha value is -4.49. The maximum absolute atomic E-state index is 13.2. The van der Waals surface area contributed by atoms with Crippen molar-refractivity contribution in [3.8, 4) is 5.82 Å². The minimum atomic E-state index is -5.10. The highest BCUT2D eigenvalue weighted by Gasteiger charge is 2.37. The van der Waals surface area contributed by atoms with E-state index in [-0.39, 0.29) is 29.2 Å². The van der Waals surface area contributed by atoms with Gasteiger partial charge in [0.25, 0.3) is 11.8 Å². The van der Waals surface area contributed by atoms with Crippen molar-refractivity contribution in [2.24, 2.45) is 0 Å². The van der Waals surface area contributed by atoms with Gasteiger partial charge in [0.15, 0.2) is 5.65 Å². The Bertz CT molecular complexity index is 1480. The van der Waals surface area contributed by atoms with Crippen LogP contribution < -0.4 is 10.6 Å². The molecule has 4 aromatic rings. The van der Waals surface area contributed by atoms with Crippen molar-refractivity contribution in [1.29, 1.82) is 0 Å². The average Bonchev–Trinajstić information content (AvgIpc) is 3.27. The third-order valence-corrected chi connectivity index (χ3v) is 5.49. The van der Waals surface area contributed by atoms with Crippen molar-refractivity contribution < 1.29 is 35.9 Å². The number of fused-ring (bicyclic) bond motifs is 1. The van der Waals surface area contributed by atoms with Crippen LogP contribution >= 0.6 is 0 Å². The molecule has 0 radical (unpaired) electrons. The molecule has 0 saturated heterocycles. The van der Waals surface area contributed by atoms with Gasteiger partial charge in [0.2, 0.25) is 0 Å². The number of carbonyl (C=O) groups is 2. The second-order valence-corrected chi connectivity index (χ2v) is 8.13. The van der Waals surface area contributed by atoms with Crippen molar-refractivity contribution in [1.82, 2.24) is 30.2 Å². The van der Waals surface area contributed by atoms with Gasteiger partial charge in [0.1, 0.15) is 17.2 Å². The topological polar surface area (TPSA) is 102 Å². The van der Waals surface area contributed by atoms with E-state index in [1.165, 1.54) is 43.1 Å². The molecule has 198 valence electrons. The summed E-state index contributed by atoms with van der Waals surface area (Å²) in [5.41, 5.74) is -3.07. The molecule has 0 aliphatic heterocycles. The number of imidazole rings is 1. The van der Waals surface area contributed by atoms with Crippen LogP contribution in [0.4, 0.5) is 26.3 Å². The lowest BCUT2D eigenvalue weighted by Gasteiger charge is -2.17. The maximum atomic E-state index is 13.2. The number of carbonyl (C=O) groups excluding carboxylic acids is 2. The molecule has 2 N–H and O–H groups in total. The number of hydrogen-bond donors (Lipinski definition) is 2. The first-order valence-electron chi connectivity index (χ1n) is 10.9. The van der Waals surface area contributed by atoms with Crippen LogP contribution in [0.3, 0.4) is 0 Å². The Kier molecular flexibility index (Phi) is 6.82. The van der Waals surface area contributed by atoms with Crippen molar-refractivity contribution in [2.45, 2.75) is 25.3 Å². The number of aromatic nitrogens is 4. The number of benzene rings is 1. The van der Waals surface area contributed by atoms with E-state index in [2.05, 4.69) is 25.6 Å². The summed E-state index contributed by atoms with van der Waals surface area (Å²) in [7, 11) is 1.45. The third kappa shape index (κ3) is 5.28. The molecule has 0 spiro atoms. The van der Waals surface area contributed by atoms with E-state index in [0.717, 1.165) is 0 Å². The molecule has 4 rings (SSSR count). The van der Waals surface area contributed by atoms with Crippen LogP contribution in [-0.2, 0) is 12.4 Å². The molecule has 0 fully saturated rings. The number of alkyl halides is 6. The van der Waals surface area contributed by atoms with E-state index in [9.17, 15) is 35.9 Å². The van der Waals surface area contributed by atoms with Crippen molar-refractivity contribution in [3.63, 3.8) is 0 Å². The molecule has 0 bridgehead atoms. The molecule has 1 unspecified atom stereocenters. The predicted octanol–water partition coefficient (Wildman–Crippen LogP) is 4.70. The van der Waals surface area contributed by atoms with Gasteiger partial charge in [-0.05, 0) is 49.4 Å². The summed E-state index contributed by atoms with van der Waals surface area (Å²) < 4.78 is 80.9. The molecule has 14 heteroatoms. The standard InChI is InChI=1S/C24H18F6N6O2/c1-12(34-22(38)14-8-15(23(25,26)27)10-16(9-14)24(28,29)30)19-35-17-4-3-7-32-20(17)36(19)18-6-5-13(11-33-18)21(37)31-2/h3-12H,1-2H3,(H,31,37)(H,34,38). The number of rotatable bonds is 5. The second kappa shape index (κ2) is 9.76.